The van der Waals surface area contributed by atoms with Gasteiger partial charge in [0.05, 0.1) is 13.2 Å². The molecule has 0 amide bonds. The molecule has 19 heavy (non-hydrogen) atoms. The van der Waals surface area contributed by atoms with Gasteiger partial charge in [-0.15, -0.1) is 0 Å². The lowest BCUT2D eigenvalue weighted by atomic mass is 10.1. The van der Waals surface area contributed by atoms with E-state index in [9.17, 15) is 5.26 Å². The van der Waals surface area contributed by atoms with Crippen LogP contribution in [0.15, 0.2) is 24.3 Å². The third-order valence-electron chi connectivity index (χ3n) is 3.75. The lowest BCUT2D eigenvalue weighted by Crippen LogP contribution is -2.47. The highest BCUT2D eigenvalue weighted by Crippen LogP contribution is 2.24. The first-order valence-corrected chi connectivity index (χ1v) is 6.78. The fourth-order valence-electron chi connectivity index (χ4n) is 2.52. The van der Waals surface area contributed by atoms with Crippen LogP contribution in [-0.2, 0) is 0 Å². The van der Waals surface area contributed by atoms with Crippen LogP contribution in [0.4, 0.5) is 0 Å². The number of nitrogens with zero attached hydrogens (tertiary/aromatic N) is 3. The van der Waals surface area contributed by atoms with Crippen LogP contribution in [0.3, 0.4) is 0 Å². The van der Waals surface area contributed by atoms with Gasteiger partial charge < -0.3 is 9.64 Å². The average Bonchev–Trinajstić information content (AvgIpc) is 2.49. The van der Waals surface area contributed by atoms with Gasteiger partial charge in [0.25, 0.3) is 0 Å². The van der Waals surface area contributed by atoms with Crippen LogP contribution in [0.1, 0.15) is 18.5 Å². The summed E-state index contributed by atoms with van der Waals surface area (Å²) in [5, 5.41) is 9.47. The summed E-state index contributed by atoms with van der Waals surface area (Å²) in [5.41, 5.74) is 1.02. The van der Waals surface area contributed by atoms with Crippen LogP contribution >= 0.6 is 0 Å². The van der Waals surface area contributed by atoms with Crippen molar-refractivity contribution in [2.24, 2.45) is 0 Å². The van der Waals surface area contributed by atoms with Crippen molar-refractivity contribution in [2.45, 2.75) is 13.0 Å². The normalized spacial score (nSPS) is 18.8. The fourth-order valence-corrected chi connectivity index (χ4v) is 2.52. The van der Waals surface area contributed by atoms with Crippen molar-refractivity contribution < 1.29 is 4.74 Å². The highest BCUT2D eigenvalue weighted by atomic mass is 16.5. The molecule has 1 saturated heterocycles. The highest BCUT2D eigenvalue weighted by Gasteiger charge is 2.24. The van der Waals surface area contributed by atoms with Gasteiger partial charge in [0.1, 0.15) is 11.8 Å². The number of likely N-dealkylation sites (N-methyl/N-ethyl adjacent to an activating group) is 1. The Morgan fingerprint density at radius 2 is 2.05 bits per heavy atom. The molecule has 0 spiro atoms. The first kappa shape index (κ1) is 13.9. The maximum atomic E-state index is 9.47. The second-order valence-corrected chi connectivity index (χ2v) is 4.78. The summed E-state index contributed by atoms with van der Waals surface area (Å²) in [5.74, 6) is 0.810. The molecule has 1 fully saturated rings. The van der Waals surface area contributed by atoms with E-state index in [-0.39, 0.29) is 6.04 Å². The maximum absolute atomic E-state index is 9.47. The molecule has 102 valence electrons. The predicted octanol–water partition coefficient (Wildman–Crippen LogP) is 1.90. The Morgan fingerprint density at radius 3 is 2.63 bits per heavy atom. The van der Waals surface area contributed by atoms with E-state index in [4.69, 9.17) is 4.74 Å². The Morgan fingerprint density at radius 1 is 1.32 bits per heavy atom. The van der Waals surface area contributed by atoms with E-state index < -0.39 is 0 Å². The van der Waals surface area contributed by atoms with Crippen molar-refractivity contribution in [1.82, 2.24) is 9.80 Å². The van der Waals surface area contributed by atoms with E-state index in [1.54, 1.807) is 7.11 Å². The molecule has 4 nitrogen and oxygen atoms in total. The van der Waals surface area contributed by atoms with Gasteiger partial charge in [0, 0.05) is 26.2 Å². The lowest BCUT2D eigenvalue weighted by Gasteiger charge is -2.36. The Kier molecular flexibility index (Phi) is 4.78. The van der Waals surface area contributed by atoms with Gasteiger partial charge in [-0.1, -0.05) is 19.1 Å². The van der Waals surface area contributed by atoms with Crippen LogP contribution in [0.5, 0.6) is 5.75 Å². The minimum absolute atomic E-state index is 0.172. The number of hydrogen-bond donors (Lipinski definition) is 0. The van der Waals surface area contributed by atoms with E-state index in [1.165, 1.54) is 0 Å². The van der Waals surface area contributed by atoms with Crippen molar-refractivity contribution in [1.29, 1.82) is 5.26 Å². The van der Waals surface area contributed by atoms with E-state index >= 15 is 0 Å². The van der Waals surface area contributed by atoms with Crippen LogP contribution in [-0.4, -0.2) is 49.6 Å². The molecule has 1 atom stereocenters. The molecule has 0 bridgehead atoms. The molecular weight excluding hydrogens is 238 g/mol. The second kappa shape index (κ2) is 6.55. The molecule has 1 heterocycles. The number of hydrogen-bond acceptors (Lipinski definition) is 4. The third kappa shape index (κ3) is 3.25. The van der Waals surface area contributed by atoms with E-state index in [0.29, 0.717) is 0 Å². The zero-order valence-corrected chi connectivity index (χ0v) is 11.7. The molecule has 0 aliphatic carbocycles. The molecule has 1 unspecified atom stereocenters. The molecule has 2 rings (SSSR count). The highest BCUT2D eigenvalue weighted by molar-refractivity contribution is 5.33. The molecule has 0 aromatic heterocycles. The van der Waals surface area contributed by atoms with Crippen molar-refractivity contribution >= 4 is 0 Å². The number of benzene rings is 1. The van der Waals surface area contributed by atoms with Crippen molar-refractivity contribution in [2.75, 3.05) is 39.8 Å². The zero-order valence-electron chi connectivity index (χ0n) is 11.7. The molecule has 0 saturated carbocycles. The smallest absolute Gasteiger partial charge is 0.124 e. The Labute approximate surface area is 115 Å². The molecule has 1 aliphatic rings. The largest absolute Gasteiger partial charge is 0.497 e. The number of rotatable bonds is 4. The van der Waals surface area contributed by atoms with Gasteiger partial charge in [-0.2, -0.15) is 5.26 Å². The van der Waals surface area contributed by atoms with Crippen molar-refractivity contribution in [3.05, 3.63) is 29.8 Å². The predicted molar refractivity (Wildman–Crippen MR) is 75.0 cm³/mol. The third-order valence-corrected chi connectivity index (χ3v) is 3.75. The zero-order chi connectivity index (χ0) is 13.7. The molecule has 1 aromatic carbocycles. The van der Waals surface area contributed by atoms with Crippen molar-refractivity contribution in [3.8, 4) is 11.8 Å². The van der Waals surface area contributed by atoms with Gasteiger partial charge in [-0.3, -0.25) is 4.90 Å². The van der Waals surface area contributed by atoms with Gasteiger partial charge in [-0.05, 0) is 24.2 Å². The van der Waals surface area contributed by atoms with E-state index in [0.717, 1.165) is 44.0 Å². The Bertz CT molecular complexity index is 447. The van der Waals surface area contributed by atoms with Gasteiger partial charge in [0.2, 0.25) is 0 Å². The summed E-state index contributed by atoms with van der Waals surface area (Å²) < 4.78 is 5.24. The minimum atomic E-state index is -0.172. The molecule has 4 heteroatoms. The summed E-state index contributed by atoms with van der Waals surface area (Å²) >= 11 is 0. The van der Waals surface area contributed by atoms with E-state index in [1.807, 2.05) is 24.3 Å². The van der Waals surface area contributed by atoms with Crippen LogP contribution in [0, 0.1) is 11.3 Å². The van der Waals surface area contributed by atoms with Gasteiger partial charge in [-0.25, -0.2) is 0 Å². The monoisotopic (exact) mass is 259 g/mol. The first-order valence-electron chi connectivity index (χ1n) is 6.78. The van der Waals surface area contributed by atoms with Gasteiger partial charge in [0.15, 0.2) is 0 Å². The molecule has 0 radical (unpaired) electrons. The maximum Gasteiger partial charge on any atom is 0.124 e. The summed E-state index contributed by atoms with van der Waals surface area (Å²) in [6.07, 6.45) is 0. The van der Waals surface area contributed by atoms with Crippen LogP contribution in [0.25, 0.3) is 0 Å². The average molecular weight is 259 g/mol. The van der Waals surface area contributed by atoms with Crippen LogP contribution in [0.2, 0.25) is 0 Å². The van der Waals surface area contributed by atoms with Gasteiger partial charge >= 0.3 is 0 Å². The summed E-state index contributed by atoms with van der Waals surface area (Å²) in [4.78, 5) is 4.66. The SMILES string of the molecule is CCN1CCN(C(C#N)c2cccc(OC)c2)CC1. The van der Waals surface area contributed by atoms with E-state index in [2.05, 4.69) is 22.8 Å². The molecule has 1 aromatic rings. The second-order valence-electron chi connectivity index (χ2n) is 4.78. The minimum Gasteiger partial charge on any atom is -0.497 e. The number of piperazine rings is 1. The quantitative estimate of drug-likeness (QED) is 0.828. The molecule has 0 N–H and O–H groups in total. The topological polar surface area (TPSA) is 39.5 Å². The lowest BCUT2D eigenvalue weighted by molar-refractivity contribution is 0.118. The first-order chi connectivity index (χ1) is 9.28. The summed E-state index contributed by atoms with van der Waals surface area (Å²) in [7, 11) is 1.65. The Hall–Kier alpha value is -1.57. The molecule has 1 aliphatic heterocycles. The standard InChI is InChI=1S/C15H21N3O/c1-3-17-7-9-18(10-8-17)15(12-16)13-5-4-6-14(11-13)19-2/h4-6,11,15H,3,7-10H2,1-2H3. The number of ether oxygens (including phenoxy) is 1. The fraction of sp³-hybridized carbons (Fsp3) is 0.533. The number of nitriles is 1. The molecular formula is C15H21N3O. The van der Waals surface area contributed by atoms with Crippen molar-refractivity contribution in [3.63, 3.8) is 0 Å². The summed E-state index contributed by atoms with van der Waals surface area (Å²) in [6, 6.07) is 10.1. The summed E-state index contributed by atoms with van der Waals surface area (Å²) in [6.45, 7) is 7.24. The van der Waals surface area contributed by atoms with Crippen LogP contribution < -0.4 is 4.74 Å². The number of methoxy groups -OCH3 is 1. The Balaban J connectivity index is 2.10.